The minimum absolute atomic E-state index is 0.156. The van der Waals surface area contributed by atoms with E-state index in [4.69, 9.17) is 0 Å². The average molecular weight is 248 g/mol. The fourth-order valence-electron chi connectivity index (χ4n) is 1.90. The summed E-state index contributed by atoms with van der Waals surface area (Å²) in [6, 6.07) is 5.00. The Bertz CT molecular complexity index is 599. The smallest absolute Gasteiger partial charge is 0.269 e. The second-order valence-electron chi connectivity index (χ2n) is 5.00. The maximum atomic E-state index is 13.9. The fraction of sp³-hybridized carbons (Fsp3) is 0.357. The normalized spacial score (nSPS) is 11.2. The highest BCUT2D eigenvalue weighted by molar-refractivity contribution is 5.98. The molecule has 0 fully saturated rings. The van der Waals surface area contributed by atoms with E-state index in [2.05, 4.69) is 4.98 Å². The molecule has 0 radical (unpaired) electrons. The number of carbonyl (C=O) groups is 1. The van der Waals surface area contributed by atoms with Crippen LogP contribution in [0.1, 0.15) is 35.8 Å². The van der Waals surface area contributed by atoms with Crippen molar-refractivity contribution < 1.29 is 9.18 Å². The number of aromatic nitrogens is 1. The molecule has 0 spiro atoms. The van der Waals surface area contributed by atoms with Gasteiger partial charge in [-0.1, -0.05) is 13.8 Å². The molecule has 0 saturated heterocycles. The van der Waals surface area contributed by atoms with Crippen LogP contribution in [0.4, 0.5) is 4.39 Å². The summed E-state index contributed by atoms with van der Waals surface area (Å²) in [5, 5.41) is 0.463. The Hall–Kier alpha value is -1.84. The SMILES string of the molecule is CC(C)c1cc(F)c2cc(C(=O)N(C)C)[nH]c2c1. The number of amides is 1. The van der Waals surface area contributed by atoms with Gasteiger partial charge >= 0.3 is 0 Å². The minimum atomic E-state index is -0.287. The molecule has 0 unspecified atom stereocenters. The molecule has 96 valence electrons. The molecule has 1 N–H and O–H groups in total. The molecule has 1 amide bonds. The molecule has 0 saturated carbocycles. The van der Waals surface area contributed by atoms with E-state index in [1.807, 2.05) is 19.9 Å². The highest BCUT2D eigenvalue weighted by Gasteiger charge is 2.14. The summed E-state index contributed by atoms with van der Waals surface area (Å²) in [7, 11) is 3.34. The van der Waals surface area contributed by atoms with E-state index in [0.29, 0.717) is 16.6 Å². The molecule has 0 atom stereocenters. The summed E-state index contributed by atoms with van der Waals surface area (Å²) in [5.74, 6) is -0.192. The molecular formula is C14H17FN2O. The van der Waals surface area contributed by atoms with Crippen molar-refractivity contribution in [3.05, 3.63) is 35.3 Å². The molecule has 1 aromatic heterocycles. The van der Waals surface area contributed by atoms with Gasteiger partial charge in [-0.05, 0) is 29.7 Å². The van der Waals surface area contributed by atoms with Crippen molar-refractivity contribution in [3.63, 3.8) is 0 Å². The van der Waals surface area contributed by atoms with Gasteiger partial charge in [0.25, 0.3) is 5.91 Å². The first-order chi connectivity index (χ1) is 8.40. The Balaban J connectivity index is 2.58. The predicted octanol–water partition coefficient (Wildman–Crippen LogP) is 3.13. The van der Waals surface area contributed by atoms with E-state index in [0.717, 1.165) is 5.56 Å². The number of hydrogen-bond donors (Lipinski definition) is 1. The van der Waals surface area contributed by atoms with Crippen molar-refractivity contribution in [2.45, 2.75) is 19.8 Å². The van der Waals surface area contributed by atoms with E-state index < -0.39 is 0 Å². The molecule has 2 rings (SSSR count). The fourth-order valence-corrected chi connectivity index (χ4v) is 1.90. The Morgan fingerprint density at radius 1 is 1.28 bits per heavy atom. The van der Waals surface area contributed by atoms with Crippen LogP contribution < -0.4 is 0 Å². The highest BCUT2D eigenvalue weighted by atomic mass is 19.1. The Morgan fingerprint density at radius 3 is 2.50 bits per heavy atom. The molecular weight excluding hydrogens is 231 g/mol. The number of fused-ring (bicyclic) bond motifs is 1. The maximum absolute atomic E-state index is 13.9. The van der Waals surface area contributed by atoms with E-state index >= 15 is 0 Å². The van der Waals surface area contributed by atoms with Crippen molar-refractivity contribution in [1.29, 1.82) is 0 Å². The van der Waals surface area contributed by atoms with Crippen LogP contribution in [0.2, 0.25) is 0 Å². The number of rotatable bonds is 2. The second-order valence-corrected chi connectivity index (χ2v) is 5.00. The van der Waals surface area contributed by atoms with Gasteiger partial charge in [-0.15, -0.1) is 0 Å². The third-order valence-electron chi connectivity index (χ3n) is 3.01. The van der Waals surface area contributed by atoms with Crippen LogP contribution >= 0.6 is 0 Å². The third-order valence-corrected chi connectivity index (χ3v) is 3.01. The monoisotopic (exact) mass is 248 g/mol. The van der Waals surface area contributed by atoms with E-state index in [1.165, 1.54) is 11.0 Å². The lowest BCUT2D eigenvalue weighted by Crippen LogP contribution is -2.21. The quantitative estimate of drug-likeness (QED) is 0.870. The molecule has 3 nitrogen and oxygen atoms in total. The largest absolute Gasteiger partial charge is 0.350 e. The summed E-state index contributed by atoms with van der Waals surface area (Å²) in [6.07, 6.45) is 0. The first kappa shape index (κ1) is 12.6. The number of aromatic amines is 1. The van der Waals surface area contributed by atoms with Crippen LogP contribution in [0.3, 0.4) is 0 Å². The van der Waals surface area contributed by atoms with Crippen molar-refractivity contribution in [3.8, 4) is 0 Å². The Labute approximate surface area is 106 Å². The van der Waals surface area contributed by atoms with Crippen molar-refractivity contribution in [2.24, 2.45) is 0 Å². The van der Waals surface area contributed by atoms with Gasteiger partial charge < -0.3 is 9.88 Å². The minimum Gasteiger partial charge on any atom is -0.350 e. The molecule has 2 aromatic rings. The number of nitrogens with one attached hydrogen (secondary N) is 1. The molecule has 0 aliphatic heterocycles. The van der Waals surface area contributed by atoms with Crippen LogP contribution in [0.5, 0.6) is 0 Å². The molecule has 18 heavy (non-hydrogen) atoms. The average Bonchev–Trinajstić information content (AvgIpc) is 2.71. The van der Waals surface area contributed by atoms with Crippen molar-refractivity contribution >= 4 is 16.8 Å². The van der Waals surface area contributed by atoms with Crippen LogP contribution in [0.25, 0.3) is 10.9 Å². The summed E-state index contributed by atoms with van der Waals surface area (Å²) >= 11 is 0. The molecule has 0 aliphatic carbocycles. The van der Waals surface area contributed by atoms with Gasteiger partial charge in [0.2, 0.25) is 0 Å². The Morgan fingerprint density at radius 2 is 1.94 bits per heavy atom. The maximum Gasteiger partial charge on any atom is 0.269 e. The van der Waals surface area contributed by atoms with Crippen LogP contribution in [0, 0.1) is 5.82 Å². The van der Waals surface area contributed by atoms with Gasteiger partial charge in [-0.25, -0.2) is 4.39 Å². The number of H-pyrrole nitrogens is 1. The van der Waals surface area contributed by atoms with Crippen molar-refractivity contribution in [1.82, 2.24) is 9.88 Å². The molecule has 0 aliphatic rings. The molecule has 0 bridgehead atoms. The van der Waals surface area contributed by atoms with Crippen molar-refractivity contribution in [2.75, 3.05) is 14.1 Å². The zero-order valence-electron chi connectivity index (χ0n) is 11.0. The van der Waals surface area contributed by atoms with Gasteiger partial charge in [0.15, 0.2) is 0 Å². The lowest BCUT2D eigenvalue weighted by molar-refractivity contribution is 0.0823. The molecule has 4 heteroatoms. The number of halogens is 1. The lowest BCUT2D eigenvalue weighted by atomic mass is 10.0. The summed E-state index contributed by atoms with van der Waals surface area (Å²) < 4.78 is 13.9. The standard InChI is InChI=1S/C14H17FN2O/c1-8(2)9-5-11(15)10-7-13(14(18)17(3)4)16-12(10)6-9/h5-8,16H,1-4H3. The topological polar surface area (TPSA) is 36.1 Å². The molecule has 1 heterocycles. The summed E-state index contributed by atoms with van der Waals surface area (Å²) in [4.78, 5) is 16.3. The summed E-state index contributed by atoms with van der Waals surface area (Å²) in [5.41, 5.74) is 2.00. The van der Waals surface area contributed by atoms with Gasteiger partial charge in [0, 0.05) is 25.0 Å². The van der Waals surface area contributed by atoms with E-state index in [1.54, 1.807) is 20.2 Å². The number of carbonyl (C=O) groups excluding carboxylic acids is 1. The highest BCUT2D eigenvalue weighted by Crippen LogP contribution is 2.25. The van der Waals surface area contributed by atoms with Gasteiger partial charge in [0.05, 0.1) is 0 Å². The molecule has 1 aromatic carbocycles. The second kappa shape index (κ2) is 4.44. The van der Waals surface area contributed by atoms with E-state index in [-0.39, 0.29) is 17.6 Å². The first-order valence-electron chi connectivity index (χ1n) is 5.94. The number of nitrogens with zero attached hydrogens (tertiary/aromatic N) is 1. The lowest BCUT2D eigenvalue weighted by Gasteiger charge is -2.07. The zero-order chi connectivity index (χ0) is 13.4. The van der Waals surface area contributed by atoms with Crippen LogP contribution in [-0.2, 0) is 0 Å². The van der Waals surface area contributed by atoms with Crippen LogP contribution in [0.15, 0.2) is 18.2 Å². The van der Waals surface area contributed by atoms with E-state index in [9.17, 15) is 9.18 Å². The third kappa shape index (κ3) is 2.10. The Kier molecular flexibility index (Phi) is 3.11. The number of hydrogen-bond acceptors (Lipinski definition) is 1. The zero-order valence-corrected chi connectivity index (χ0v) is 11.0. The van der Waals surface area contributed by atoms with Gasteiger partial charge in [-0.2, -0.15) is 0 Å². The van der Waals surface area contributed by atoms with Crippen LogP contribution in [-0.4, -0.2) is 29.9 Å². The first-order valence-corrected chi connectivity index (χ1v) is 5.94. The predicted molar refractivity (Wildman–Crippen MR) is 70.4 cm³/mol. The summed E-state index contributed by atoms with van der Waals surface area (Å²) in [6.45, 7) is 4.02. The van der Waals surface area contributed by atoms with Gasteiger partial charge in [-0.3, -0.25) is 4.79 Å². The van der Waals surface area contributed by atoms with Gasteiger partial charge in [0.1, 0.15) is 11.5 Å². The number of benzene rings is 1.